The second kappa shape index (κ2) is 10.7. The van der Waals surface area contributed by atoms with Gasteiger partial charge < -0.3 is 0 Å². The molecule has 2 heterocycles. The Morgan fingerprint density at radius 3 is 2.42 bits per heavy atom. The molecule has 0 bridgehead atoms. The Kier molecular flexibility index (Phi) is 8.56. The van der Waals surface area contributed by atoms with Crippen molar-refractivity contribution in [1.29, 1.82) is 0 Å². The van der Waals surface area contributed by atoms with E-state index in [9.17, 15) is 28.3 Å². The Balaban J connectivity index is 2.10. The summed E-state index contributed by atoms with van der Waals surface area (Å²) in [6, 6.07) is 3.91. The number of amidine groups is 1. The Hall–Kier alpha value is -2.24. The van der Waals surface area contributed by atoms with Crippen molar-refractivity contribution in [1.82, 2.24) is 4.90 Å². The van der Waals surface area contributed by atoms with Crippen molar-refractivity contribution in [2.75, 3.05) is 36.1 Å². The molecule has 2 aliphatic heterocycles. The van der Waals surface area contributed by atoms with Gasteiger partial charge in [0.1, 0.15) is 0 Å². The molecule has 2 aliphatic rings. The molecule has 0 saturated heterocycles. The Labute approximate surface area is 225 Å². The van der Waals surface area contributed by atoms with Crippen molar-refractivity contribution in [2.24, 2.45) is 15.6 Å². The van der Waals surface area contributed by atoms with Gasteiger partial charge in [0.05, 0.1) is 0 Å². The average molecular weight is 573 g/mol. The molecule has 1 aromatic rings. The normalized spacial score (nSPS) is 20.7. The molecule has 0 aliphatic carbocycles. The summed E-state index contributed by atoms with van der Waals surface area (Å²) in [6.07, 6.45) is 1.97. The molecule has 0 radical (unpaired) electrons. The summed E-state index contributed by atoms with van der Waals surface area (Å²) in [7, 11) is -7.75. The topological polar surface area (TPSA) is 161 Å². The SMILES string of the molecule is CC(C)(C)CCN1C(=O)C(C2=N[PH](O)(OCCCO)c3cc(NS(C)(=O)=O)ccc3N2)=C(O)[C@@H]1C(C)(C)C. The fourth-order valence-electron chi connectivity index (χ4n) is 4.52. The van der Waals surface area contributed by atoms with Crippen molar-refractivity contribution in [3.8, 4) is 0 Å². The van der Waals surface area contributed by atoms with Crippen LogP contribution in [0.5, 0.6) is 0 Å². The van der Waals surface area contributed by atoms with Gasteiger partial charge in [0, 0.05) is 0 Å². The van der Waals surface area contributed by atoms with Gasteiger partial charge in [0.15, 0.2) is 0 Å². The van der Waals surface area contributed by atoms with Crippen LogP contribution in [-0.2, 0) is 19.3 Å². The van der Waals surface area contributed by atoms with E-state index in [1.54, 1.807) is 11.0 Å². The van der Waals surface area contributed by atoms with Gasteiger partial charge >= 0.3 is 226 Å². The van der Waals surface area contributed by atoms with Crippen LogP contribution in [0.1, 0.15) is 54.4 Å². The van der Waals surface area contributed by atoms with Crippen LogP contribution in [0.4, 0.5) is 11.4 Å². The number of amides is 1. The van der Waals surface area contributed by atoms with Gasteiger partial charge in [0.2, 0.25) is 0 Å². The molecule has 0 fully saturated rings. The third-order valence-corrected chi connectivity index (χ3v) is 9.11. The van der Waals surface area contributed by atoms with Crippen LogP contribution in [0.25, 0.3) is 0 Å². The summed E-state index contributed by atoms with van der Waals surface area (Å²) < 4.78 is 36.1. The number of aliphatic hydroxyl groups is 2. The van der Waals surface area contributed by atoms with Crippen LogP contribution < -0.4 is 15.3 Å². The molecule has 1 amide bonds. The third-order valence-electron chi connectivity index (χ3n) is 6.26. The third kappa shape index (κ3) is 6.84. The second-order valence-electron chi connectivity index (χ2n) is 12.1. The summed E-state index contributed by atoms with van der Waals surface area (Å²) >= 11 is 0. The van der Waals surface area contributed by atoms with Gasteiger partial charge in [-0.2, -0.15) is 0 Å². The Morgan fingerprint density at radius 1 is 1.21 bits per heavy atom. The zero-order valence-electron chi connectivity index (χ0n) is 23.1. The number of carbonyl (C=O) groups excluding carboxylic acids is 1. The van der Waals surface area contributed by atoms with Crippen molar-refractivity contribution in [2.45, 2.75) is 60.4 Å². The van der Waals surface area contributed by atoms with E-state index in [4.69, 9.17) is 4.52 Å². The summed E-state index contributed by atoms with van der Waals surface area (Å²) in [5.74, 6) is -0.536. The number of nitrogens with one attached hydrogen (secondary N) is 2. The molecule has 38 heavy (non-hydrogen) atoms. The number of aliphatic hydroxyl groups excluding tert-OH is 2. The van der Waals surface area contributed by atoms with Crippen molar-refractivity contribution < 1.29 is 32.8 Å². The minimum atomic E-state index is -4.17. The van der Waals surface area contributed by atoms with Gasteiger partial charge in [-0.05, 0) is 0 Å². The van der Waals surface area contributed by atoms with Gasteiger partial charge in [-0.15, -0.1) is 0 Å². The molecule has 0 saturated carbocycles. The Morgan fingerprint density at radius 2 is 1.87 bits per heavy atom. The number of rotatable bonds is 9. The molecule has 0 spiro atoms. The monoisotopic (exact) mass is 572 g/mol. The molecule has 214 valence electrons. The van der Waals surface area contributed by atoms with Gasteiger partial charge in [-0.1, -0.05) is 0 Å². The number of sulfonamides is 1. The molecule has 13 heteroatoms. The van der Waals surface area contributed by atoms with Crippen LogP contribution in [0.15, 0.2) is 34.3 Å². The van der Waals surface area contributed by atoms with E-state index in [2.05, 4.69) is 35.6 Å². The van der Waals surface area contributed by atoms with E-state index in [0.717, 1.165) is 6.26 Å². The van der Waals surface area contributed by atoms with Gasteiger partial charge in [0.25, 0.3) is 0 Å². The molecular formula is C25H41N4O7PS. The number of benzene rings is 1. The van der Waals surface area contributed by atoms with Crippen LogP contribution in [0.2, 0.25) is 0 Å². The van der Waals surface area contributed by atoms with E-state index >= 15 is 0 Å². The average Bonchev–Trinajstić information content (AvgIpc) is 3.01. The predicted molar refractivity (Wildman–Crippen MR) is 152 cm³/mol. The van der Waals surface area contributed by atoms with Crippen LogP contribution in [0.3, 0.4) is 0 Å². The first-order chi connectivity index (χ1) is 17.4. The van der Waals surface area contributed by atoms with E-state index in [1.165, 1.54) is 12.1 Å². The summed E-state index contributed by atoms with van der Waals surface area (Å²) in [5.41, 5.74) is 0.0414. The van der Waals surface area contributed by atoms with E-state index in [0.29, 0.717) is 18.7 Å². The number of fused-ring (bicyclic) bond motifs is 1. The maximum absolute atomic E-state index is 13.8. The molecule has 3 rings (SSSR count). The first kappa shape index (κ1) is 30.3. The van der Waals surface area contributed by atoms with E-state index in [1.807, 2.05) is 20.8 Å². The molecule has 5 N–H and O–H groups in total. The fraction of sp³-hybridized carbons (Fsp3) is 0.600. The fourth-order valence-corrected chi connectivity index (χ4v) is 7.15. The van der Waals surface area contributed by atoms with Gasteiger partial charge in [-0.25, -0.2) is 0 Å². The standard InChI is InChI=1S/C25H41N4O7PS/c1-24(2,3)11-12-29-21(25(4,5)6)20(31)19(23(29)32)22-26-17-10-9-16(28-38(7,34)35)15-18(17)37(33,27-22)36-14-8-13-30/h9-10,15,21,28,30-31,33,37H,8,11-14H2,1-7H3,(H,26,27)/t21-/m1/s1. The Bertz CT molecular complexity index is 1250. The zero-order chi connectivity index (χ0) is 28.7. The molecule has 0 aromatic heterocycles. The number of hydrogen-bond acceptors (Lipinski definition) is 9. The van der Waals surface area contributed by atoms with Gasteiger partial charge in [-0.3, -0.25) is 0 Å². The maximum atomic E-state index is 13.8. The minimum absolute atomic E-state index is 0.00510. The summed E-state index contributed by atoms with van der Waals surface area (Å²) in [5, 5.41) is 23.9. The predicted octanol–water partition coefficient (Wildman–Crippen LogP) is 2.90. The summed E-state index contributed by atoms with van der Waals surface area (Å²) in [6.45, 7) is 12.3. The quantitative estimate of drug-likeness (QED) is 0.223. The van der Waals surface area contributed by atoms with Crippen LogP contribution in [0, 0.1) is 10.8 Å². The second-order valence-corrected chi connectivity index (χ2v) is 16.1. The number of hydrogen-bond donors (Lipinski definition) is 5. The number of carbonyl (C=O) groups is 1. The molecular weight excluding hydrogens is 531 g/mol. The van der Waals surface area contributed by atoms with Crippen molar-refractivity contribution in [3.05, 3.63) is 29.5 Å². The van der Waals surface area contributed by atoms with E-state index in [-0.39, 0.29) is 53.2 Å². The number of anilines is 2. The van der Waals surface area contributed by atoms with Crippen molar-refractivity contribution >= 4 is 46.3 Å². The van der Waals surface area contributed by atoms with Crippen molar-refractivity contribution in [3.63, 3.8) is 0 Å². The molecule has 1 atom stereocenters. The summed E-state index contributed by atoms with van der Waals surface area (Å²) in [4.78, 5) is 27.1. The first-order valence-corrected chi connectivity index (χ1v) is 16.3. The molecule has 11 nitrogen and oxygen atoms in total. The van der Waals surface area contributed by atoms with E-state index < -0.39 is 35.3 Å². The molecule has 1 aromatic carbocycles. The molecule has 0 unspecified atom stereocenters. The first-order valence-electron chi connectivity index (χ1n) is 12.6. The number of nitrogens with zero attached hydrogens (tertiary/aromatic N) is 2. The van der Waals surface area contributed by atoms with Crippen LogP contribution >= 0.6 is 7.87 Å². The zero-order valence-corrected chi connectivity index (χ0v) is 24.9. The van der Waals surface area contributed by atoms with Crippen LogP contribution in [-0.4, -0.2) is 72.2 Å².